The minimum atomic E-state index is -0.332. The van der Waals surface area contributed by atoms with Crippen molar-refractivity contribution in [3.8, 4) is 0 Å². The van der Waals surface area contributed by atoms with Crippen molar-refractivity contribution in [1.29, 1.82) is 0 Å². The van der Waals surface area contributed by atoms with Gasteiger partial charge in [-0.05, 0) is 25.2 Å². The summed E-state index contributed by atoms with van der Waals surface area (Å²) < 4.78 is 0. The number of hydrogen-bond donors (Lipinski definition) is 2. The lowest BCUT2D eigenvalue weighted by molar-refractivity contribution is -0.134. The number of halogens is 1. The van der Waals surface area contributed by atoms with Gasteiger partial charge < -0.3 is 20.9 Å². The molecule has 7 nitrogen and oxygen atoms in total. The van der Waals surface area contributed by atoms with Gasteiger partial charge in [-0.2, -0.15) is 0 Å². The van der Waals surface area contributed by atoms with Gasteiger partial charge in [-0.1, -0.05) is 12.8 Å². The van der Waals surface area contributed by atoms with Crippen molar-refractivity contribution in [2.75, 3.05) is 39.3 Å². The molecular formula is C16H29ClN4O3. The minimum Gasteiger partial charge on any atom is -0.346 e. The van der Waals surface area contributed by atoms with Crippen LogP contribution < -0.4 is 11.1 Å². The quantitative estimate of drug-likeness (QED) is 0.728. The molecule has 0 radical (unpaired) electrons. The zero-order valence-electron chi connectivity index (χ0n) is 14.2. The van der Waals surface area contributed by atoms with Crippen LogP contribution in [0.25, 0.3) is 0 Å². The maximum absolute atomic E-state index is 12.4. The first kappa shape index (κ1) is 20.7. The molecule has 0 bridgehead atoms. The highest BCUT2D eigenvalue weighted by Crippen LogP contribution is 2.28. The molecule has 0 aromatic heterocycles. The molecule has 0 aromatic carbocycles. The smallest absolute Gasteiger partial charge is 0.242 e. The Morgan fingerprint density at radius 2 is 1.50 bits per heavy atom. The molecule has 1 heterocycles. The lowest BCUT2D eigenvalue weighted by Gasteiger charge is -2.23. The molecule has 1 saturated heterocycles. The molecule has 1 aliphatic heterocycles. The van der Waals surface area contributed by atoms with Crippen LogP contribution in [-0.4, -0.2) is 66.8 Å². The van der Waals surface area contributed by atoms with Crippen LogP contribution >= 0.6 is 12.4 Å². The number of nitrogens with zero attached hydrogens (tertiary/aromatic N) is 2. The average molecular weight is 361 g/mol. The fourth-order valence-electron chi connectivity index (χ4n) is 3.36. The molecule has 0 aromatic rings. The topological polar surface area (TPSA) is 95.7 Å². The summed E-state index contributed by atoms with van der Waals surface area (Å²) in [5, 5.41) is 2.50. The van der Waals surface area contributed by atoms with E-state index in [-0.39, 0.29) is 43.2 Å². The van der Waals surface area contributed by atoms with Gasteiger partial charge in [-0.25, -0.2) is 0 Å². The number of nitrogens with one attached hydrogen (secondary N) is 1. The lowest BCUT2D eigenvalue weighted by Crippen LogP contribution is -2.43. The van der Waals surface area contributed by atoms with Crippen LogP contribution in [0.3, 0.4) is 0 Å². The molecule has 138 valence electrons. The molecule has 1 saturated carbocycles. The molecule has 0 unspecified atom stereocenters. The van der Waals surface area contributed by atoms with Crippen molar-refractivity contribution in [3.63, 3.8) is 0 Å². The largest absolute Gasteiger partial charge is 0.346 e. The third-order valence-electron chi connectivity index (χ3n) is 4.76. The van der Waals surface area contributed by atoms with Gasteiger partial charge in [0.15, 0.2) is 0 Å². The minimum absolute atomic E-state index is 0. The van der Waals surface area contributed by atoms with Gasteiger partial charge in [0.1, 0.15) is 0 Å². The van der Waals surface area contributed by atoms with Crippen molar-refractivity contribution in [2.24, 2.45) is 11.7 Å². The van der Waals surface area contributed by atoms with E-state index in [2.05, 4.69) is 5.32 Å². The number of hydrogen-bond acceptors (Lipinski definition) is 4. The molecule has 2 rings (SSSR count). The SMILES string of the molecule is Cl.NCC(=O)NCC(=O)N1CCCN(C(=O)CC2CCCC2)CC1. The van der Waals surface area contributed by atoms with Gasteiger partial charge in [-0.15, -0.1) is 12.4 Å². The fourth-order valence-corrected chi connectivity index (χ4v) is 3.36. The van der Waals surface area contributed by atoms with Gasteiger partial charge in [-0.3, -0.25) is 14.4 Å². The number of carbonyl (C=O) groups is 3. The summed E-state index contributed by atoms with van der Waals surface area (Å²) in [6.45, 7) is 2.33. The lowest BCUT2D eigenvalue weighted by atomic mass is 10.0. The van der Waals surface area contributed by atoms with Crippen molar-refractivity contribution < 1.29 is 14.4 Å². The van der Waals surface area contributed by atoms with E-state index in [9.17, 15) is 14.4 Å². The number of carbonyl (C=O) groups excluding carboxylic acids is 3. The summed E-state index contributed by atoms with van der Waals surface area (Å²) in [4.78, 5) is 39.2. The molecule has 2 fully saturated rings. The summed E-state index contributed by atoms with van der Waals surface area (Å²) in [6, 6.07) is 0. The van der Waals surface area contributed by atoms with Crippen LogP contribution in [-0.2, 0) is 14.4 Å². The highest BCUT2D eigenvalue weighted by molar-refractivity contribution is 5.86. The van der Waals surface area contributed by atoms with Gasteiger partial charge in [0.2, 0.25) is 17.7 Å². The van der Waals surface area contributed by atoms with Gasteiger partial charge in [0.05, 0.1) is 13.1 Å². The van der Waals surface area contributed by atoms with Crippen LogP contribution in [0.1, 0.15) is 38.5 Å². The van der Waals surface area contributed by atoms with E-state index < -0.39 is 0 Å². The number of nitrogens with two attached hydrogens (primary N) is 1. The first-order valence-electron chi connectivity index (χ1n) is 8.62. The van der Waals surface area contributed by atoms with E-state index >= 15 is 0 Å². The monoisotopic (exact) mass is 360 g/mol. The Morgan fingerprint density at radius 1 is 0.917 bits per heavy atom. The van der Waals surface area contributed by atoms with E-state index in [1.807, 2.05) is 4.90 Å². The molecular weight excluding hydrogens is 332 g/mol. The average Bonchev–Trinajstić information content (AvgIpc) is 2.93. The molecule has 0 spiro atoms. The molecule has 0 atom stereocenters. The Bertz CT molecular complexity index is 441. The van der Waals surface area contributed by atoms with Crippen LogP contribution in [0.5, 0.6) is 0 Å². The second-order valence-corrected chi connectivity index (χ2v) is 6.45. The number of amides is 3. The Balaban J connectivity index is 0.00000288. The van der Waals surface area contributed by atoms with Crippen LogP contribution in [0.4, 0.5) is 0 Å². The Hall–Kier alpha value is -1.34. The summed E-state index contributed by atoms with van der Waals surface area (Å²) >= 11 is 0. The molecule has 1 aliphatic carbocycles. The van der Waals surface area contributed by atoms with E-state index in [4.69, 9.17) is 5.73 Å². The van der Waals surface area contributed by atoms with E-state index in [1.54, 1.807) is 4.90 Å². The van der Waals surface area contributed by atoms with Gasteiger partial charge in [0.25, 0.3) is 0 Å². The fraction of sp³-hybridized carbons (Fsp3) is 0.812. The highest BCUT2D eigenvalue weighted by Gasteiger charge is 2.25. The van der Waals surface area contributed by atoms with Gasteiger partial charge in [0, 0.05) is 32.6 Å². The van der Waals surface area contributed by atoms with Crippen LogP contribution in [0, 0.1) is 5.92 Å². The maximum Gasteiger partial charge on any atom is 0.242 e. The predicted molar refractivity (Wildman–Crippen MR) is 93.7 cm³/mol. The molecule has 2 aliphatic rings. The van der Waals surface area contributed by atoms with Gasteiger partial charge >= 0.3 is 0 Å². The molecule has 3 N–H and O–H groups in total. The normalized spacial score (nSPS) is 18.7. The van der Waals surface area contributed by atoms with E-state index in [1.165, 1.54) is 25.7 Å². The summed E-state index contributed by atoms with van der Waals surface area (Å²) in [7, 11) is 0. The van der Waals surface area contributed by atoms with E-state index in [0.717, 1.165) is 6.42 Å². The van der Waals surface area contributed by atoms with E-state index in [0.29, 0.717) is 38.5 Å². The molecule has 3 amide bonds. The summed E-state index contributed by atoms with van der Waals surface area (Å²) in [5.74, 6) is 0.330. The van der Waals surface area contributed by atoms with Crippen molar-refractivity contribution in [3.05, 3.63) is 0 Å². The van der Waals surface area contributed by atoms with Crippen molar-refractivity contribution >= 4 is 30.1 Å². The third-order valence-corrected chi connectivity index (χ3v) is 4.76. The van der Waals surface area contributed by atoms with Crippen LogP contribution in [0.2, 0.25) is 0 Å². The summed E-state index contributed by atoms with van der Waals surface area (Å²) in [5.41, 5.74) is 5.20. The third kappa shape index (κ3) is 6.28. The number of rotatable bonds is 5. The highest BCUT2D eigenvalue weighted by atomic mass is 35.5. The Labute approximate surface area is 149 Å². The Morgan fingerprint density at radius 3 is 2.08 bits per heavy atom. The Kier molecular flexibility index (Phi) is 9.07. The second kappa shape index (κ2) is 10.5. The molecule has 24 heavy (non-hydrogen) atoms. The zero-order valence-corrected chi connectivity index (χ0v) is 15.0. The first-order chi connectivity index (χ1) is 11.1. The molecule has 8 heteroatoms. The maximum atomic E-state index is 12.4. The second-order valence-electron chi connectivity index (χ2n) is 6.45. The predicted octanol–water partition coefficient (Wildman–Crippen LogP) is 0.124. The van der Waals surface area contributed by atoms with Crippen molar-refractivity contribution in [1.82, 2.24) is 15.1 Å². The standard InChI is InChI=1S/C16H28N4O3.ClH/c17-11-14(21)18-12-16(23)20-7-3-6-19(8-9-20)15(22)10-13-4-1-2-5-13;/h13H,1-12,17H2,(H,18,21);1H. The van der Waals surface area contributed by atoms with Crippen LogP contribution in [0.15, 0.2) is 0 Å². The zero-order chi connectivity index (χ0) is 16.7. The van der Waals surface area contributed by atoms with Crippen molar-refractivity contribution in [2.45, 2.75) is 38.5 Å². The summed E-state index contributed by atoms with van der Waals surface area (Å²) in [6.07, 6.45) is 6.27. The first-order valence-corrected chi connectivity index (χ1v) is 8.62.